The standard InChI is InChI=1S/C5H11NO2.C4H7NO2/c1-4(2)3-8-5(6)7;1-3-2-6-7-4(1)5-3/h4H,3H2,1-2H3,(H2,6,7);3-5H,1-2H2. The van der Waals surface area contributed by atoms with Crippen LogP contribution in [0.5, 0.6) is 0 Å². The third-order valence-corrected chi connectivity index (χ3v) is 1.93. The lowest BCUT2D eigenvalue weighted by molar-refractivity contribution is -0.390. The molecule has 2 bridgehead atoms. The molecule has 3 rings (SSSR count). The number of carbonyl (C=O) groups is 1. The van der Waals surface area contributed by atoms with E-state index >= 15 is 0 Å². The van der Waals surface area contributed by atoms with Crippen molar-refractivity contribution in [3.8, 4) is 0 Å². The summed E-state index contributed by atoms with van der Waals surface area (Å²) in [5, 5.41) is 3.13. The van der Waals surface area contributed by atoms with Crippen LogP contribution in [0.2, 0.25) is 0 Å². The van der Waals surface area contributed by atoms with Gasteiger partial charge in [-0.25, -0.2) is 14.6 Å². The third-order valence-electron chi connectivity index (χ3n) is 1.93. The van der Waals surface area contributed by atoms with Crippen LogP contribution in [0.1, 0.15) is 20.3 Å². The van der Waals surface area contributed by atoms with Gasteiger partial charge in [-0.3, -0.25) is 5.32 Å². The summed E-state index contributed by atoms with van der Waals surface area (Å²) in [5.41, 5.74) is 4.68. The third kappa shape index (κ3) is 4.96. The molecular formula is C9H18N2O4. The molecule has 0 aromatic carbocycles. The van der Waals surface area contributed by atoms with Crippen molar-refractivity contribution in [2.75, 3.05) is 13.2 Å². The first-order valence-electron chi connectivity index (χ1n) is 5.04. The van der Waals surface area contributed by atoms with Gasteiger partial charge in [0, 0.05) is 12.5 Å². The van der Waals surface area contributed by atoms with E-state index in [-0.39, 0.29) is 6.23 Å². The molecule has 0 aromatic rings. The number of ether oxygens (including phenoxy) is 1. The Morgan fingerprint density at radius 3 is 2.47 bits per heavy atom. The van der Waals surface area contributed by atoms with E-state index in [2.05, 4.69) is 20.7 Å². The van der Waals surface area contributed by atoms with E-state index in [1.54, 1.807) is 0 Å². The maximum Gasteiger partial charge on any atom is 0.404 e. The van der Waals surface area contributed by atoms with Crippen molar-refractivity contribution in [2.24, 2.45) is 11.7 Å². The second-order valence-corrected chi connectivity index (χ2v) is 3.99. The van der Waals surface area contributed by atoms with Crippen LogP contribution in [0.25, 0.3) is 0 Å². The zero-order valence-electron chi connectivity index (χ0n) is 9.06. The molecule has 0 spiro atoms. The molecule has 2 atom stereocenters. The fourth-order valence-electron chi connectivity index (χ4n) is 1.13. The molecule has 6 nitrogen and oxygen atoms in total. The highest BCUT2D eigenvalue weighted by atomic mass is 17.2. The van der Waals surface area contributed by atoms with Gasteiger partial charge in [0.1, 0.15) is 6.23 Å². The second kappa shape index (κ2) is 5.89. The average Bonchev–Trinajstić information content (AvgIpc) is 2.16. The minimum absolute atomic E-state index is 0.207. The van der Waals surface area contributed by atoms with Gasteiger partial charge in [0.05, 0.1) is 13.2 Å². The summed E-state index contributed by atoms with van der Waals surface area (Å²) in [6.07, 6.45) is 0.637. The number of hydrogen-bond donors (Lipinski definition) is 2. The largest absolute Gasteiger partial charge is 0.449 e. The number of nitrogens with one attached hydrogen (secondary N) is 1. The van der Waals surface area contributed by atoms with E-state index < -0.39 is 6.09 Å². The maximum absolute atomic E-state index is 9.90. The minimum atomic E-state index is -0.696. The first kappa shape index (κ1) is 12.2. The molecule has 0 radical (unpaired) electrons. The van der Waals surface area contributed by atoms with Crippen molar-refractivity contribution >= 4 is 6.09 Å². The first-order chi connectivity index (χ1) is 7.08. The Balaban J connectivity index is 0.000000150. The normalized spacial score (nSPS) is 27.4. The highest BCUT2D eigenvalue weighted by Gasteiger charge is 2.34. The molecule has 15 heavy (non-hydrogen) atoms. The SMILES string of the molecule is C1OOC2CC1N2.CC(C)COC(N)=O. The lowest BCUT2D eigenvalue weighted by Gasteiger charge is -2.40. The predicted molar refractivity (Wildman–Crippen MR) is 52.7 cm³/mol. The fraction of sp³-hybridized carbons (Fsp3) is 0.889. The van der Waals surface area contributed by atoms with Gasteiger partial charge < -0.3 is 10.5 Å². The minimum Gasteiger partial charge on any atom is -0.449 e. The van der Waals surface area contributed by atoms with Crippen LogP contribution < -0.4 is 11.1 Å². The van der Waals surface area contributed by atoms with Gasteiger partial charge in [-0.2, -0.15) is 0 Å². The maximum atomic E-state index is 9.90. The molecule has 1 amide bonds. The van der Waals surface area contributed by atoms with Crippen molar-refractivity contribution in [3.05, 3.63) is 0 Å². The van der Waals surface area contributed by atoms with Gasteiger partial charge in [0.2, 0.25) is 0 Å². The number of hydrogen-bond acceptors (Lipinski definition) is 5. The number of fused-ring (bicyclic) bond motifs is 2. The van der Waals surface area contributed by atoms with Crippen molar-refractivity contribution in [1.82, 2.24) is 5.32 Å². The molecule has 2 unspecified atom stereocenters. The Kier molecular flexibility index (Phi) is 4.80. The summed E-state index contributed by atoms with van der Waals surface area (Å²) < 4.78 is 4.44. The topological polar surface area (TPSA) is 82.8 Å². The number of nitrogens with two attached hydrogens (primary N) is 1. The summed E-state index contributed by atoms with van der Waals surface area (Å²) in [5.74, 6) is 0.363. The zero-order valence-corrected chi connectivity index (χ0v) is 9.06. The molecule has 3 aliphatic rings. The van der Waals surface area contributed by atoms with Gasteiger partial charge in [0.15, 0.2) is 0 Å². The molecule has 3 N–H and O–H groups in total. The van der Waals surface area contributed by atoms with E-state index in [1.807, 2.05) is 13.8 Å². The highest BCUT2D eigenvalue weighted by Crippen LogP contribution is 2.18. The number of amides is 1. The quantitative estimate of drug-likeness (QED) is 0.654. The summed E-state index contributed by atoms with van der Waals surface area (Å²) in [6.45, 7) is 5.03. The average molecular weight is 218 g/mol. The molecule has 3 saturated heterocycles. The van der Waals surface area contributed by atoms with Crippen LogP contribution in [0.15, 0.2) is 0 Å². The molecule has 88 valence electrons. The molecule has 0 aliphatic carbocycles. The van der Waals surface area contributed by atoms with E-state index in [9.17, 15) is 4.79 Å². The van der Waals surface area contributed by atoms with Crippen LogP contribution >= 0.6 is 0 Å². The Labute approximate surface area is 89.0 Å². The Bertz CT molecular complexity index is 191. The summed E-state index contributed by atoms with van der Waals surface area (Å²) in [4.78, 5) is 19.3. The summed E-state index contributed by atoms with van der Waals surface area (Å²) >= 11 is 0. The summed E-state index contributed by atoms with van der Waals surface area (Å²) in [7, 11) is 0. The predicted octanol–water partition coefficient (Wildman–Crippen LogP) is 0.374. The molecule has 0 aromatic heterocycles. The van der Waals surface area contributed by atoms with Crippen LogP contribution in [0.3, 0.4) is 0 Å². The fourth-order valence-corrected chi connectivity index (χ4v) is 1.13. The van der Waals surface area contributed by atoms with Crippen LogP contribution in [-0.2, 0) is 14.5 Å². The number of primary amides is 1. The monoisotopic (exact) mass is 218 g/mol. The Morgan fingerprint density at radius 2 is 2.33 bits per heavy atom. The highest BCUT2D eigenvalue weighted by molar-refractivity contribution is 5.64. The Morgan fingerprint density at radius 1 is 1.67 bits per heavy atom. The molecule has 3 fully saturated rings. The molecule has 3 heterocycles. The molecule has 3 aliphatic heterocycles. The van der Waals surface area contributed by atoms with Crippen LogP contribution in [0, 0.1) is 5.92 Å². The first-order valence-corrected chi connectivity index (χ1v) is 5.04. The smallest absolute Gasteiger partial charge is 0.404 e. The lowest BCUT2D eigenvalue weighted by Crippen LogP contribution is -2.59. The van der Waals surface area contributed by atoms with Crippen molar-refractivity contribution in [3.63, 3.8) is 0 Å². The van der Waals surface area contributed by atoms with Gasteiger partial charge in [-0.1, -0.05) is 13.8 Å². The van der Waals surface area contributed by atoms with E-state index in [0.717, 1.165) is 13.0 Å². The van der Waals surface area contributed by atoms with Gasteiger partial charge >= 0.3 is 6.09 Å². The van der Waals surface area contributed by atoms with Gasteiger partial charge in [0.25, 0.3) is 0 Å². The molecule has 0 saturated carbocycles. The van der Waals surface area contributed by atoms with Crippen LogP contribution in [0.4, 0.5) is 4.79 Å². The zero-order chi connectivity index (χ0) is 11.3. The second-order valence-electron chi connectivity index (χ2n) is 3.99. The number of carbonyl (C=O) groups excluding carboxylic acids is 1. The Hall–Kier alpha value is -0.850. The van der Waals surface area contributed by atoms with Gasteiger partial charge in [-0.05, 0) is 5.92 Å². The van der Waals surface area contributed by atoms with E-state index in [1.165, 1.54) is 0 Å². The van der Waals surface area contributed by atoms with Crippen molar-refractivity contribution in [2.45, 2.75) is 32.5 Å². The van der Waals surface area contributed by atoms with E-state index in [4.69, 9.17) is 4.89 Å². The van der Waals surface area contributed by atoms with Gasteiger partial charge in [-0.15, -0.1) is 0 Å². The lowest BCUT2D eigenvalue weighted by atomic mass is 10.1. The van der Waals surface area contributed by atoms with E-state index in [0.29, 0.717) is 18.6 Å². The van der Waals surface area contributed by atoms with Crippen molar-refractivity contribution in [1.29, 1.82) is 0 Å². The van der Waals surface area contributed by atoms with Crippen molar-refractivity contribution < 1.29 is 19.3 Å². The van der Waals surface area contributed by atoms with Crippen LogP contribution in [-0.4, -0.2) is 31.6 Å². The number of rotatable bonds is 2. The molecular weight excluding hydrogens is 200 g/mol. The summed E-state index contributed by atoms with van der Waals surface area (Å²) in [6, 6.07) is 0.582. The molecule has 6 heteroatoms.